The van der Waals surface area contributed by atoms with Crippen LogP contribution in [0.2, 0.25) is 0 Å². The molecule has 1 N–H and O–H groups in total. The van der Waals surface area contributed by atoms with E-state index in [0.29, 0.717) is 29.4 Å². The fourth-order valence-electron chi connectivity index (χ4n) is 4.07. The van der Waals surface area contributed by atoms with Crippen LogP contribution >= 0.6 is 11.3 Å². The zero-order valence-corrected chi connectivity index (χ0v) is 19.1. The number of nitrogens with zero attached hydrogens (tertiary/aromatic N) is 2. The van der Waals surface area contributed by atoms with E-state index in [9.17, 15) is 9.18 Å². The van der Waals surface area contributed by atoms with E-state index in [1.54, 1.807) is 28.9 Å². The Hall–Kier alpha value is -3.45. The number of benzene rings is 2. The average molecular weight is 462 g/mol. The van der Waals surface area contributed by atoms with Gasteiger partial charge in [-0.3, -0.25) is 9.48 Å². The van der Waals surface area contributed by atoms with E-state index in [0.717, 1.165) is 29.8 Å². The van der Waals surface area contributed by atoms with Gasteiger partial charge >= 0.3 is 0 Å². The minimum absolute atomic E-state index is 0.223. The van der Waals surface area contributed by atoms with Gasteiger partial charge in [0.1, 0.15) is 18.2 Å². The van der Waals surface area contributed by atoms with Crippen molar-refractivity contribution in [1.82, 2.24) is 9.78 Å². The summed E-state index contributed by atoms with van der Waals surface area (Å²) in [4.78, 5) is 13.3. The van der Waals surface area contributed by atoms with Crippen LogP contribution in [0.4, 0.5) is 10.2 Å². The normalized spacial score (nSPS) is 12.5. The number of nitrogens with one attached hydrogen (secondary N) is 1. The van der Waals surface area contributed by atoms with Crippen molar-refractivity contribution in [2.45, 2.75) is 39.3 Å². The molecule has 5 rings (SSSR count). The van der Waals surface area contributed by atoms with Gasteiger partial charge in [0.25, 0.3) is 5.91 Å². The molecule has 0 fully saturated rings. The SMILES string of the molecule is Cc1cc(NC(=O)c2cc(COc3ccc4c(c3)CCC4)cs2)nn1Cc1ccccc1F. The van der Waals surface area contributed by atoms with Crippen molar-refractivity contribution < 1.29 is 13.9 Å². The van der Waals surface area contributed by atoms with Gasteiger partial charge in [-0.1, -0.05) is 24.3 Å². The van der Waals surface area contributed by atoms with E-state index in [4.69, 9.17) is 4.74 Å². The first-order valence-corrected chi connectivity index (χ1v) is 11.8. The summed E-state index contributed by atoms with van der Waals surface area (Å²) in [5.41, 5.74) is 5.13. The number of amides is 1. The quantitative estimate of drug-likeness (QED) is 0.381. The Morgan fingerprint density at radius 3 is 2.88 bits per heavy atom. The van der Waals surface area contributed by atoms with E-state index in [-0.39, 0.29) is 11.7 Å². The minimum atomic E-state index is -0.272. The molecule has 33 heavy (non-hydrogen) atoms. The van der Waals surface area contributed by atoms with Gasteiger partial charge in [0, 0.05) is 22.9 Å². The first kappa shape index (κ1) is 21.4. The number of thiophene rings is 1. The number of hydrogen-bond acceptors (Lipinski definition) is 4. The predicted octanol–water partition coefficient (Wildman–Crippen LogP) is 5.76. The molecule has 0 spiro atoms. The molecule has 0 aliphatic heterocycles. The second-order valence-corrected chi connectivity index (χ2v) is 9.18. The number of aromatic nitrogens is 2. The Bertz CT molecular complexity index is 1310. The Kier molecular flexibility index (Phi) is 5.96. The second-order valence-electron chi connectivity index (χ2n) is 8.27. The number of anilines is 1. The van der Waals surface area contributed by atoms with Crippen LogP contribution in [0.1, 0.15) is 44.0 Å². The van der Waals surface area contributed by atoms with Crippen LogP contribution in [-0.4, -0.2) is 15.7 Å². The summed E-state index contributed by atoms with van der Waals surface area (Å²) in [6.45, 7) is 2.60. The van der Waals surface area contributed by atoms with Crippen LogP contribution in [0.25, 0.3) is 0 Å². The van der Waals surface area contributed by atoms with Crippen LogP contribution in [0, 0.1) is 12.7 Å². The third kappa shape index (κ3) is 4.83. The molecule has 0 saturated heterocycles. The third-order valence-electron chi connectivity index (χ3n) is 5.85. The molecule has 7 heteroatoms. The molecular weight excluding hydrogens is 437 g/mol. The topological polar surface area (TPSA) is 56.1 Å². The average Bonchev–Trinajstić information content (AvgIpc) is 3.54. The summed E-state index contributed by atoms with van der Waals surface area (Å²) in [6, 6.07) is 16.5. The van der Waals surface area contributed by atoms with Gasteiger partial charge in [-0.05, 0) is 67.0 Å². The van der Waals surface area contributed by atoms with Gasteiger partial charge in [-0.25, -0.2) is 4.39 Å². The smallest absolute Gasteiger partial charge is 0.266 e. The Morgan fingerprint density at radius 2 is 2.00 bits per heavy atom. The Balaban J connectivity index is 1.20. The maximum atomic E-state index is 14.0. The maximum Gasteiger partial charge on any atom is 0.266 e. The summed E-state index contributed by atoms with van der Waals surface area (Å²) in [5.74, 6) is 0.812. The van der Waals surface area contributed by atoms with Crippen molar-refractivity contribution in [2.75, 3.05) is 5.32 Å². The number of halogens is 1. The number of rotatable bonds is 7. The number of aryl methyl sites for hydroxylation is 3. The highest BCUT2D eigenvalue weighted by Crippen LogP contribution is 2.27. The van der Waals surface area contributed by atoms with E-state index >= 15 is 0 Å². The lowest BCUT2D eigenvalue weighted by atomic mass is 10.1. The van der Waals surface area contributed by atoms with E-state index in [2.05, 4.69) is 22.5 Å². The third-order valence-corrected chi connectivity index (χ3v) is 6.83. The molecule has 168 valence electrons. The predicted molar refractivity (Wildman–Crippen MR) is 128 cm³/mol. The molecule has 2 heterocycles. The fourth-order valence-corrected chi connectivity index (χ4v) is 4.86. The van der Waals surface area contributed by atoms with Crippen molar-refractivity contribution >= 4 is 23.1 Å². The lowest BCUT2D eigenvalue weighted by molar-refractivity contribution is 0.103. The second kappa shape index (κ2) is 9.19. The van der Waals surface area contributed by atoms with Crippen molar-refractivity contribution in [1.29, 1.82) is 0 Å². The van der Waals surface area contributed by atoms with Crippen molar-refractivity contribution in [3.8, 4) is 5.75 Å². The number of ether oxygens (including phenoxy) is 1. The molecule has 1 amide bonds. The summed E-state index contributed by atoms with van der Waals surface area (Å²) in [6.07, 6.45) is 3.48. The highest BCUT2D eigenvalue weighted by Gasteiger charge is 2.15. The number of hydrogen-bond donors (Lipinski definition) is 1. The van der Waals surface area contributed by atoms with Gasteiger partial charge < -0.3 is 10.1 Å². The van der Waals surface area contributed by atoms with E-state index < -0.39 is 0 Å². The zero-order valence-electron chi connectivity index (χ0n) is 18.3. The summed E-state index contributed by atoms with van der Waals surface area (Å²) in [5, 5.41) is 9.20. The molecule has 0 unspecified atom stereocenters. The lowest BCUT2D eigenvalue weighted by Crippen LogP contribution is -2.12. The molecule has 1 aliphatic rings. The van der Waals surface area contributed by atoms with Gasteiger partial charge in [0.15, 0.2) is 5.82 Å². The van der Waals surface area contributed by atoms with Crippen LogP contribution < -0.4 is 10.1 Å². The molecule has 5 nitrogen and oxygen atoms in total. The van der Waals surface area contributed by atoms with Crippen LogP contribution in [0.3, 0.4) is 0 Å². The minimum Gasteiger partial charge on any atom is -0.489 e. The Labute approximate surface area is 195 Å². The zero-order chi connectivity index (χ0) is 22.8. The molecule has 0 atom stereocenters. The van der Waals surface area contributed by atoms with Gasteiger partial charge in [-0.2, -0.15) is 5.10 Å². The van der Waals surface area contributed by atoms with Crippen molar-refractivity contribution in [3.05, 3.63) is 98.6 Å². The molecular formula is C26H24FN3O2S. The number of carbonyl (C=O) groups is 1. The van der Waals surface area contributed by atoms with Crippen LogP contribution in [-0.2, 0) is 26.0 Å². The maximum absolute atomic E-state index is 14.0. The van der Waals surface area contributed by atoms with Gasteiger partial charge in [-0.15, -0.1) is 11.3 Å². The fraction of sp³-hybridized carbons (Fsp3) is 0.231. The molecule has 0 radical (unpaired) electrons. The van der Waals surface area contributed by atoms with Crippen LogP contribution in [0.5, 0.6) is 5.75 Å². The lowest BCUT2D eigenvalue weighted by Gasteiger charge is -2.07. The summed E-state index contributed by atoms with van der Waals surface area (Å²) >= 11 is 1.37. The molecule has 2 aromatic heterocycles. The van der Waals surface area contributed by atoms with E-state index in [1.165, 1.54) is 35.0 Å². The highest BCUT2D eigenvalue weighted by atomic mass is 32.1. The van der Waals surface area contributed by atoms with E-state index in [1.807, 2.05) is 24.4 Å². The summed E-state index contributed by atoms with van der Waals surface area (Å²) in [7, 11) is 0. The van der Waals surface area contributed by atoms with Crippen molar-refractivity contribution in [3.63, 3.8) is 0 Å². The number of carbonyl (C=O) groups excluding carboxylic acids is 1. The molecule has 0 saturated carbocycles. The van der Waals surface area contributed by atoms with Gasteiger partial charge in [0.2, 0.25) is 0 Å². The van der Waals surface area contributed by atoms with Crippen LogP contribution in [0.15, 0.2) is 60.0 Å². The summed E-state index contributed by atoms with van der Waals surface area (Å²) < 4.78 is 21.6. The molecule has 1 aliphatic carbocycles. The largest absolute Gasteiger partial charge is 0.489 e. The van der Waals surface area contributed by atoms with Gasteiger partial charge in [0.05, 0.1) is 11.4 Å². The molecule has 2 aromatic carbocycles. The first-order chi connectivity index (χ1) is 16.0. The molecule has 4 aromatic rings. The molecule has 0 bridgehead atoms. The first-order valence-electron chi connectivity index (χ1n) is 11.0. The monoisotopic (exact) mass is 461 g/mol. The standard InChI is InChI=1S/C26H24FN3O2S/c1-17-11-25(29-30(17)14-21-5-2-3-8-23(21)27)28-26(31)24-12-18(16-33-24)15-32-22-10-9-19-6-4-7-20(19)13-22/h2-3,5,8-13,16H,4,6-7,14-15H2,1H3,(H,28,29,31). The highest BCUT2D eigenvalue weighted by molar-refractivity contribution is 7.12. The Morgan fingerprint density at radius 1 is 1.15 bits per heavy atom. The number of fused-ring (bicyclic) bond motifs is 1. The van der Waals surface area contributed by atoms with Crippen molar-refractivity contribution in [2.24, 2.45) is 0 Å².